The fourth-order valence-corrected chi connectivity index (χ4v) is 2.21. The number of aliphatic hydroxyl groups is 1. The molecule has 112 valence electrons. The van der Waals surface area contributed by atoms with E-state index in [1.54, 1.807) is 12.1 Å². The third-order valence-corrected chi connectivity index (χ3v) is 3.31. The highest BCUT2D eigenvalue weighted by molar-refractivity contribution is 6.33. The molecule has 0 amide bonds. The van der Waals surface area contributed by atoms with Gasteiger partial charge in [-0.25, -0.2) is 0 Å². The molecule has 0 aliphatic heterocycles. The van der Waals surface area contributed by atoms with Gasteiger partial charge in [0.25, 0.3) is 5.69 Å². The molecule has 1 heterocycles. The molecule has 0 radical (unpaired) electrons. The van der Waals surface area contributed by atoms with Crippen LogP contribution < -0.4 is 0 Å². The van der Waals surface area contributed by atoms with Gasteiger partial charge in [-0.1, -0.05) is 11.6 Å². The third kappa shape index (κ3) is 3.81. The van der Waals surface area contributed by atoms with E-state index in [2.05, 4.69) is 0 Å². The molecule has 2 aromatic rings. The van der Waals surface area contributed by atoms with Crippen LogP contribution in [0.4, 0.5) is 5.69 Å². The predicted molar refractivity (Wildman–Crippen MR) is 79.2 cm³/mol. The maximum Gasteiger partial charge on any atom is 0.270 e. The standard InChI is InChI=1S/C14H15ClN2O4/c1-16(6-7-18)9-11-3-5-14(21-11)12-4-2-10(17(19)20)8-13(12)15/h2-5,8,18H,6-7,9H2,1H3. The Morgan fingerprint density at radius 1 is 1.38 bits per heavy atom. The first-order chi connectivity index (χ1) is 10.0. The Labute approximate surface area is 126 Å². The lowest BCUT2D eigenvalue weighted by Gasteiger charge is -2.12. The van der Waals surface area contributed by atoms with Gasteiger partial charge in [0.05, 0.1) is 23.1 Å². The van der Waals surface area contributed by atoms with E-state index >= 15 is 0 Å². The zero-order chi connectivity index (χ0) is 15.4. The van der Waals surface area contributed by atoms with E-state index in [1.807, 2.05) is 18.0 Å². The van der Waals surface area contributed by atoms with Crippen LogP contribution in [-0.4, -0.2) is 35.1 Å². The summed E-state index contributed by atoms with van der Waals surface area (Å²) >= 11 is 6.06. The Morgan fingerprint density at radius 2 is 2.14 bits per heavy atom. The van der Waals surface area contributed by atoms with E-state index in [-0.39, 0.29) is 17.3 Å². The number of benzene rings is 1. The van der Waals surface area contributed by atoms with E-state index in [1.165, 1.54) is 12.1 Å². The Morgan fingerprint density at radius 3 is 2.76 bits per heavy atom. The van der Waals surface area contributed by atoms with Gasteiger partial charge in [0.1, 0.15) is 11.5 Å². The lowest BCUT2D eigenvalue weighted by Crippen LogP contribution is -2.21. The minimum atomic E-state index is -0.493. The largest absolute Gasteiger partial charge is 0.460 e. The van der Waals surface area contributed by atoms with E-state index < -0.39 is 4.92 Å². The van der Waals surface area contributed by atoms with Crippen LogP contribution in [0.3, 0.4) is 0 Å². The van der Waals surface area contributed by atoms with E-state index in [0.29, 0.717) is 24.4 Å². The first kappa shape index (κ1) is 15.5. The van der Waals surface area contributed by atoms with Crippen LogP contribution in [0.15, 0.2) is 34.7 Å². The number of hydrogen-bond donors (Lipinski definition) is 1. The molecule has 1 aromatic carbocycles. The molecule has 21 heavy (non-hydrogen) atoms. The molecule has 1 aromatic heterocycles. The van der Waals surface area contributed by atoms with Crippen molar-refractivity contribution in [1.82, 2.24) is 4.90 Å². The van der Waals surface area contributed by atoms with Crippen LogP contribution in [0, 0.1) is 10.1 Å². The van der Waals surface area contributed by atoms with Crippen molar-refractivity contribution in [2.24, 2.45) is 0 Å². The lowest BCUT2D eigenvalue weighted by molar-refractivity contribution is -0.384. The Bertz CT molecular complexity index is 642. The number of nitro groups is 1. The molecule has 0 aliphatic carbocycles. The summed E-state index contributed by atoms with van der Waals surface area (Å²) in [5.41, 5.74) is 0.552. The van der Waals surface area contributed by atoms with Crippen molar-refractivity contribution in [2.75, 3.05) is 20.2 Å². The number of likely N-dealkylation sites (N-methyl/N-ethyl adjacent to an activating group) is 1. The molecule has 0 atom stereocenters. The van der Waals surface area contributed by atoms with Gasteiger partial charge in [0.15, 0.2) is 0 Å². The average molecular weight is 311 g/mol. The fraction of sp³-hybridized carbons (Fsp3) is 0.286. The molecular formula is C14H15ClN2O4. The highest BCUT2D eigenvalue weighted by Gasteiger charge is 2.14. The van der Waals surface area contributed by atoms with Crippen molar-refractivity contribution < 1.29 is 14.4 Å². The SMILES string of the molecule is CN(CCO)Cc1ccc(-c2ccc([N+](=O)[O-])cc2Cl)o1. The van der Waals surface area contributed by atoms with Crippen LogP contribution >= 0.6 is 11.6 Å². The number of nitrogens with zero attached hydrogens (tertiary/aromatic N) is 2. The Kier molecular flexibility index (Phi) is 4.95. The maximum atomic E-state index is 10.7. The number of nitro benzene ring substituents is 1. The van der Waals surface area contributed by atoms with Crippen molar-refractivity contribution >= 4 is 17.3 Å². The van der Waals surface area contributed by atoms with Gasteiger partial charge in [-0.05, 0) is 25.2 Å². The summed E-state index contributed by atoms with van der Waals surface area (Å²) in [4.78, 5) is 12.1. The topological polar surface area (TPSA) is 79.8 Å². The molecule has 6 nitrogen and oxygen atoms in total. The first-order valence-corrected chi connectivity index (χ1v) is 6.71. The summed E-state index contributed by atoms with van der Waals surface area (Å²) in [6.07, 6.45) is 0. The minimum Gasteiger partial charge on any atom is -0.460 e. The summed E-state index contributed by atoms with van der Waals surface area (Å²) in [6, 6.07) is 7.86. The molecule has 0 unspecified atom stereocenters. The van der Waals surface area contributed by atoms with Crippen LogP contribution in [0.25, 0.3) is 11.3 Å². The third-order valence-electron chi connectivity index (χ3n) is 3.00. The highest BCUT2D eigenvalue weighted by atomic mass is 35.5. The smallest absolute Gasteiger partial charge is 0.270 e. The van der Waals surface area contributed by atoms with Gasteiger partial charge in [-0.15, -0.1) is 0 Å². The molecule has 7 heteroatoms. The molecule has 1 N–H and O–H groups in total. The van der Waals surface area contributed by atoms with Gasteiger partial charge in [-0.2, -0.15) is 0 Å². The van der Waals surface area contributed by atoms with E-state index in [9.17, 15) is 10.1 Å². The molecular weight excluding hydrogens is 296 g/mol. The average Bonchev–Trinajstić information content (AvgIpc) is 2.86. The molecule has 0 saturated carbocycles. The number of hydrogen-bond acceptors (Lipinski definition) is 5. The van der Waals surface area contributed by atoms with Crippen LogP contribution in [0.5, 0.6) is 0 Å². The van der Waals surface area contributed by atoms with Gasteiger partial charge in [-0.3, -0.25) is 15.0 Å². The van der Waals surface area contributed by atoms with Crippen LogP contribution in [-0.2, 0) is 6.54 Å². The monoisotopic (exact) mass is 310 g/mol. The maximum absolute atomic E-state index is 10.7. The predicted octanol–water partition coefficient (Wildman–Crippen LogP) is 2.93. The summed E-state index contributed by atoms with van der Waals surface area (Å²) in [7, 11) is 1.87. The number of furan rings is 1. The number of halogens is 1. The summed E-state index contributed by atoms with van der Waals surface area (Å²) in [5.74, 6) is 1.29. The Hall–Kier alpha value is -1.89. The number of aliphatic hydroxyl groups excluding tert-OH is 1. The quantitative estimate of drug-likeness (QED) is 0.655. The van der Waals surface area contributed by atoms with Crippen molar-refractivity contribution in [3.63, 3.8) is 0 Å². The molecule has 0 bridgehead atoms. The molecule has 0 spiro atoms. The van der Waals surface area contributed by atoms with Crippen molar-refractivity contribution in [1.29, 1.82) is 0 Å². The summed E-state index contributed by atoms with van der Waals surface area (Å²) in [5, 5.41) is 19.8. The molecule has 0 aliphatic rings. The minimum absolute atomic E-state index is 0.0572. The Balaban J connectivity index is 2.19. The van der Waals surface area contributed by atoms with E-state index in [4.69, 9.17) is 21.1 Å². The van der Waals surface area contributed by atoms with Gasteiger partial charge in [0.2, 0.25) is 0 Å². The molecule has 0 saturated heterocycles. The van der Waals surface area contributed by atoms with E-state index in [0.717, 1.165) is 5.76 Å². The molecule has 0 fully saturated rings. The van der Waals surface area contributed by atoms with Gasteiger partial charge in [0, 0.05) is 24.2 Å². The first-order valence-electron chi connectivity index (χ1n) is 6.33. The van der Waals surface area contributed by atoms with Crippen LogP contribution in [0.1, 0.15) is 5.76 Å². The second-order valence-corrected chi connectivity index (χ2v) is 5.06. The zero-order valence-electron chi connectivity index (χ0n) is 11.5. The van der Waals surface area contributed by atoms with Crippen molar-refractivity contribution in [3.8, 4) is 11.3 Å². The summed E-state index contributed by atoms with van der Waals surface area (Å²) < 4.78 is 5.69. The zero-order valence-corrected chi connectivity index (χ0v) is 12.2. The number of non-ortho nitro benzene ring substituents is 1. The van der Waals surface area contributed by atoms with Crippen LogP contribution in [0.2, 0.25) is 5.02 Å². The second kappa shape index (κ2) is 6.71. The highest BCUT2D eigenvalue weighted by Crippen LogP contribution is 2.32. The second-order valence-electron chi connectivity index (χ2n) is 4.65. The fourth-order valence-electron chi connectivity index (χ4n) is 1.94. The van der Waals surface area contributed by atoms with Gasteiger partial charge < -0.3 is 9.52 Å². The molecule has 2 rings (SSSR count). The number of rotatable bonds is 6. The van der Waals surface area contributed by atoms with Crippen molar-refractivity contribution in [3.05, 3.63) is 51.2 Å². The van der Waals surface area contributed by atoms with Gasteiger partial charge >= 0.3 is 0 Å². The lowest BCUT2D eigenvalue weighted by atomic mass is 10.1. The van der Waals surface area contributed by atoms with Crippen molar-refractivity contribution in [2.45, 2.75) is 6.54 Å². The summed E-state index contributed by atoms with van der Waals surface area (Å²) in [6.45, 7) is 1.19. The normalized spacial score (nSPS) is 11.0.